The average molecular weight is 488 g/mol. The van der Waals surface area contributed by atoms with Crippen LogP contribution in [-0.2, 0) is 6.54 Å². The number of guanidine groups is 1. The van der Waals surface area contributed by atoms with Gasteiger partial charge in [-0.15, -0.1) is 24.0 Å². The summed E-state index contributed by atoms with van der Waals surface area (Å²) in [7, 11) is 0. The lowest BCUT2D eigenvalue weighted by atomic mass is 10.1. The lowest BCUT2D eigenvalue weighted by Crippen LogP contribution is -2.40. The number of H-pyrrole nitrogens is 1. The number of hydrogen-bond acceptors (Lipinski definition) is 3. The predicted octanol–water partition coefficient (Wildman–Crippen LogP) is 4.54. The maximum atomic E-state index is 4.92. The largest absolute Gasteiger partial charge is 0.343 e. The van der Waals surface area contributed by atoms with Gasteiger partial charge in [0.05, 0.1) is 6.54 Å². The fourth-order valence-electron chi connectivity index (χ4n) is 3.30. The quantitative estimate of drug-likeness (QED) is 0.322. The Morgan fingerprint density at radius 2 is 1.86 bits per heavy atom. The molecular formula is C21H25IN6. The van der Waals surface area contributed by atoms with E-state index in [0.717, 1.165) is 41.7 Å². The van der Waals surface area contributed by atoms with Crippen LogP contribution in [0, 0.1) is 0 Å². The molecule has 1 aliphatic rings. The molecule has 2 aromatic carbocycles. The van der Waals surface area contributed by atoms with Crippen LogP contribution in [0.15, 0.2) is 65.9 Å². The van der Waals surface area contributed by atoms with Crippen molar-refractivity contribution in [3.63, 3.8) is 0 Å². The summed E-state index contributed by atoms with van der Waals surface area (Å²) in [5, 5.41) is 10.4. The zero-order valence-electron chi connectivity index (χ0n) is 15.7. The van der Waals surface area contributed by atoms with E-state index in [-0.39, 0.29) is 24.0 Å². The van der Waals surface area contributed by atoms with Crippen molar-refractivity contribution < 1.29 is 0 Å². The van der Waals surface area contributed by atoms with Gasteiger partial charge >= 0.3 is 0 Å². The van der Waals surface area contributed by atoms with E-state index in [1.165, 1.54) is 25.6 Å². The highest BCUT2D eigenvalue weighted by Gasteiger charge is 2.15. The van der Waals surface area contributed by atoms with Crippen LogP contribution in [0.4, 0.5) is 5.69 Å². The first kappa shape index (κ1) is 20.3. The van der Waals surface area contributed by atoms with Crippen molar-refractivity contribution in [1.82, 2.24) is 20.1 Å². The second kappa shape index (κ2) is 10.2. The lowest BCUT2D eigenvalue weighted by Gasteiger charge is -2.30. The van der Waals surface area contributed by atoms with E-state index in [2.05, 4.69) is 49.7 Å². The van der Waals surface area contributed by atoms with Gasteiger partial charge in [0.1, 0.15) is 6.33 Å². The Morgan fingerprint density at radius 3 is 2.61 bits per heavy atom. The first-order valence-electron chi connectivity index (χ1n) is 9.45. The van der Waals surface area contributed by atoms with Gasteiger partial charge in [0, 0.05) is 24.3 Å². The number of piperidine rings is 1. The molecule has 0 atom stereocenters. The fraction of sp³-hybridized carbons (Fsp3) is 0.286. The highest BCUT2D eigenvalue weighted by atomic mass is 127. The number of aromatic nitrogens is 3. The van der Waals surface area contributed by atoms with Crippen molar-refractivity contribution >= 4 is 35.6 Å². The normalized spacial score (nSPS) is 14.4. The standard InChI is InChI=1S/C21H24N6.HI/c1-3-10-19(11-4-1)25-21(27-12-5-2-6-13-27)22-15-17-8-7-9-18(14-17)20-23-16-24-26-20;/h1,3-4,7-11,14,16H,2,5-6,12-13,15H2,(H,22,25)(H,23,24,26);1H. The van der Waals surface area contributed by atoms with Gasteiger partial charge in [-0.3, -0.25) is 5.10 Å². The molecule has 146 valence electrons. The number of halogens is 1. The van der Waals surface area contributed by atoms with Crippen LogP contribution < -0.4 is 5.32 Å². The molecule has 1 saturated heterocycles. The van der Waals surface area contributed by atoms with Crippen LogP contribution in [0.3, 0.4) is 0 Å². The first-order chi connectivity index (χ1) is 13.4. The summed E-state index contributed by atoms with van der Waals surface area (Å²) in [6.07, 6.45) is 5.26. The highest BCUT2D eigenvalue weighted by Crippen LogP contribution is 2.17. The van der Waals surface area contributed by atoms with Gasteiger partial charge in [-0.05, 0) is 43.0 Å². The number of anilines is 1. The summed E-state index contributed by atoms with van der Waals surface area (Å²) in [6.45, 7) is 2.72. The SMILES string of the molecule is I.c1ccc(NC(=NCc2cccc(-c3ncn[nH]3)c2)N2CCCCC2)cc1. The number of aromatic amines is 1. The molecule has 0 radical (unpaired) electrons. The minimum atomic E-state index is 0. The number of hydrogen-bond donors (Lipinski definition) is 2. The monoisotopic (exact) mass is 488 g/mol. The Hall–Kier alpha value is -2.42. The molecule has 2 N–H and O–H groups in total. The van der Waals surface area contributed by atoms with Crippen molar-refractivity contribution in [2.75, 3.05) is 18.4 Å². The molecule has 3 aromatic rings. The Balaban J connectivity index is 0.00000225. The van der Waals surface area contributed by atoms with Crippen LogP contribution in [-0.4, -0.2) is 39.1 Å². The van der Waals surface area contributed by atoms with Crippen LogP contribution >= 0.6 is 24.0 Å². The minimum absolute atomic E-state index is 0. The van der Waals surface area contributed by atoms with E-state index in [1.807, 2.05) is 30.3 Å². The van der Waals surface area contributed by atoms with E-state index in [0.29, 0.717) is 6.54 Å². The van der Waals surface area contributed by atoms with Gasteiger partial charge < -0.3 is 10.2 Å². The summed E-state index contributed by atoms with van der Waals surface area (Å²) in [5.74, 6) is 1.73. The third-order valence-corrected chi connectivity index (χ3v) is 4.71. The molecule has 2 heterocycles. The first-order valence-corrected chi connectivity index (χ1v) is 9.45. The third kappa shape index (κ3) is 5.31. The number of likely N-dealkylation sites (tertiary alicyclic amines) is 1. The van der Waals surface area contributed by atoms with Crippen LogP contribution in [0.5, 0.6) is 0 Å². The Bertz CT molecular complexity index is 873. The van der Waals surface area contributed by atoms with Gasteiger partial charge in [-0.1, -0.05) is 36.4 Å². The molecule has 1 aromatic heterocycles. The average Bonchev–Trinajstić information content (AvgIpc) is 3.28. The molecule has 0 unspecified atom stereocenters. The molecule has 1 aliphatic heterocycles. The molecule has 0 aliphatic carbocycles. The number of benzene rings is 2. The molecule has 28 heavy (non-hydrogen) atoms. The highest BCUT2D eigenvalue weighted by molar-refractivity contribution is 14.0. The van der Waals surface area contributed by atoms with Crippen molar-refractivity contribution in [1.29, 1.82) is 0 Å². The molecule has 0 spiro atoms. The smallest absolute Gasteiger partial charge is 0.198 e. The van der Waals surface area contributed by atoms with E-state index in [1.54, 1.807) is 0 Å². The Labute approximate surface area is 182 Å². The van der Waals surface area contributed by atoms with E-state index in [9.17, 15) is 0 Å². The number of rotatable bonds is 4. The van der Waals surface area contributed by atoms with Crippen molar-refractivity contribution in [2.45, 2.75) is 25.8 Å². The molecule has 7 heteroatoms. The Morgan fingerprint density at radius 1 is 1.04 bits per heavy atom. The number of nitrogens with zero attached hydrogens (tertiary/aromatic N) is 4. The van der Waals surface area contributed by atoms with Crippen LogP contribution in [0.25, 0.3) is 11.4 Å². The number of aliphatic imine (C=N–C) groups is 1. The zero-order chi connectivity index (χ0) is 18.3. The second-order valence-electron chi connectivity index (χ2n) is 6.71. The molecule has 0 bridgehead atoms. The van der Waals surface area contributed by atoms with Gasteiger partial charge in [-0.2, -0.15) is 5.10 Å². The van der Waals surface area contributed by atoms with Crippen LogP contribution in [0.1, 0.15) is 24.8 Å². The molecule has 0 saturated carbocycles. The van der Waals surface area contributed by atoms with Crippen LogP contribution in [0.2, 0.25) is 0 Å². The second-order valence-corrected chi connectivity index (χ2v) is 6.71. The zero-order valence-corrected chi connectivity index (χ0v) is 18.0. The van der Waals surface area contributed by atoms with Crippen molar-refractivity contribution in [3.05, 3.63) is 66.5 Å². The summed E-state index contributed by atoms with van der Waals surface area (Å²) in [4.78, 5) is 11.5. The summed E-state index contributed by atoms with van der Waals surface area (Å²) >= 11 is 0. The molecule has 4 rings (SSSR count). The maximum absolute atomic E-state index is 4.92. The fourth-order valence-corrected chi connectivity index (χ4v) is 3.30. The minimum Gasteiger partial charge on any atom is -0.343 e. The van der Waals surface area contributed by atoms with Crippen molar-refractivity contribution in [3.8, 4) is 11.4 Å². The van der Waals surface area contributed by atoms with E-state index in [4.69, 9.17) is 4.99 Å². The molecular weight excluding hydrogens is 463 g/mol. The van der Waals surface area contributed by atoms with E-state index < -0.39 is 0 Å². The maximum Gasteiger partial charge on any atom is 0.198 e. The summed E-state index contributed by atoms with van der Waals surface area (Å²) in [5.41, 5.74) is 3.24. The van der Waals surface area contributed by atoms with Gasteiger partial charge in [0.2, 0.25) is 0 Å². The third-order valence-electron chi connectivity index (χ3n) is 4.71. The topological polar surface area (TPSA) is 69.2 Å². The molecule has 0 amide bonds. The predicted molar refractivity (Wildman–Crippen MR) is 124 cm³/mol. The Kier molecular flexibility index (Phi) is 7.41. The summed E-state index contributed by atoms with van der Waals surface area (Å²) < 4.78 is 0. The van der Waals surface area contributed by atoms with E-state index >= 15 is 0 Å². The molecule has 6 nitrogen and oxygen atoms in total. The number of nitrogens with one attached hydrogen (secondary N) is 2. The van der Waals surface area contributed by atoms with Crippen molar-refractivity contribution in [2.24, 2.45) is 4.99 Å². The summed E-state index contributed by atoms with van der Waals surface area (Å²) in [6, 6.07) is 18.5. The van der Waals surface area contributed by atoms with Gasteiger partial charge in [0.15, 0.2) is 11.8 Å². The van der Waals surface area contributed by atoms with Gasteiger partial charge in [-0.25, -0.2) is 9.98 Å². The molecule has 1 fully saturated rings. The lowest BCUT2D eigenvalue weighted by molar-refractivity contribution is 0.340. The number of para-hydroxylation sites is 1. The van der Waals surface area contributed by atoms with Gasteiger partial charge in [0.25, 0.3) is 0 Å².